The van der Waals surface area contributed by atoms with Crippen LogP contribution >= 0.6 is 11.6 Å². The van der Waals surface area contributed by atoms with E-state index >= 15 is 0 Å². The molecule has 0 amide bonds. The maximum Gasteiger partial charge on any atom is 0.0453 e. The van der Waals surface area contributed by atoms with Crippen LogP contribution < -0.4 is 5.73 Å². The molecule has 1 aromatic carbocycles. The van der Waals surface area contributed by atoms with Gasteiger partial charge in [0.25, 0.3) is 0 Å². The summed E-state index contributed by atoms with van der Waals surface area (Å²) in [5.41, 5.74) is 8.02. The molecule has 0 fully saturated rings. The molecule has 0 heterocycles. The molecule has 1 aromatic rings. The zero-order valence-electron chi connectivity index (χ0n) is 7.76. The summed E-state index contributed by atoms with van der Waals surface area (Å²) in [6.45, 7) is 5.80. The second-order valence-corrected chi connectivity index (χ2v) is 3.70. The van der Waals surface area contributed by atoms with Crippen molar-refractivity contribution >= 4 is 11.6 Å². The molecule has 0 aromatic heterocycles. The Morgan fingerprint density at radius 3 is 2.69 bits per heavy atom. The van der Waals surface area contributed by atoms with Crippen molar-refractivity contribution in [3.63, 3.8) is 0 Å². The summed E-state index contributed by atoms with van der Waals surface area (Å²) in [5, 5.41) is 0.733. The highest BCUT2D eigenvalue weighted by Crippen LogP contribution is 2.24. The van der Waals surface area contributed by atoms with Gasteiger partial charge in [-0.25, -0.2) is 0 Å². The van der Waals surface area contributed by atoms with Crippen molar-refractivity contribution in [3.05, 3.63) is 47.0 Å². The summed E-state index contributed by atoms with van der Waals surface area (Å²) in [5.74, 6) is 0. The van der Waals surface area contributed by atoms with Gasteiger partial charge in [-0.05, 0) is 25.0 Å². The van der Waals surface area contributed by atoms with Gasteiger partial charge in [0.1, 0.15) is 0 Å². The van der Waals surface area contributed by atoms with Gasteiger partial charge in [0, 0.05) is 11.1 Å². The third-order valence-electron chi connectivity index (χ3n) is 1.87. The van der Waals surface area contributed by atoms with E-state index in [1.807, 2.05) is 31.2 Å². The second kappa shape index (κ2) is 4.45. The molecule has 0 aliphatic carbocycles. The highest BCUT2D eigenvalue weighted by Gasteiger charge is 2.08. The van der Waals surface area contributed by atoms with Gasteiger partial charge < -0.3 is 5.73 Å². The molecule has 1 nitrogen and oxygen atoms in total. The monoisotopic (exact) mass is 195 g/mol. The molecule has 2 N–H and O–H groups in total. The minimum atomic E-state index is -0.0359. The van der Waals surface area contributed by atoms with E-state index in [4.69, 9.17) is 17.3 Å². The second-order valence-electron chi connectivity index (χ2n) is 3.29. The molecule has 0 aliphatic rings. The molecule has 0 radical (unpaired) electrons. The summed E-state index contributed by atoms with van der Waals surface area (Å²) in [7, 11) is 0. The summed E-state index contributed by atoms with van der Waals surface area (Å²) >= 11 is 5.99. The van der Waals surface area contributed by atoms with Crippen LogP contribution in [0.5, 0.6) is 0 Å². The topological polar surface area (TPSA) is 26.0 Å². The van der Waals surface area contributed by atoms with Gasteiger partial charge in [0.15, 0.2) is 0 Å². The maximum atomic E-state index is 5.99. The molecule has 1 unspecified atom stereocenters. The van der Waals surface area contributed by atoms with Gasteiger partial charge in [-0.2, -0.15) is 0 Å². The third kappa shape index (κ3) is 2.87. The standard InChI is InChI=1S/C11H14ClN/c1-8(2)7-11(13)9-5-3-4-6-10(9)12/h3-6,11H,1,7,13H2,2H3. The van der Waals surface area contributed by atoms with E-state index < -0.39 is 0 Å². The Morgan fingerprint density at radius 2 is 2.15 bits per heavy atom. The Bertz CT molecular complexity index is 307. The lowest BCUT2D eigenvalue weighted by atomic mass is 10.0. The van der Waals surface area contributed by atoms with Crippen molar-refractivity contribution in [2.24, 2.45) is 5.73 Å². The number of rotatable bonds is 3. The van der Waals surface area contributed by atoms with E-state index in [1.165, 1.54) is 0 Å². The average Bonchev–Trinajstić information content (AvgIpc) is 2.03. The molecule has 0 saturated carbocycles. The summed E-state index contributed by atoms with van der Waals surface area (Å²) in [6, 6.07) is 7.62. The van der Waals surface area contributed by atoms with Gasteiger partial charge in [-0.15, -0.1) is 6.58 Å². The van der Waals surface area contributed by atoms with Crippen LogP contribution in [0.15, 0.2) is 36.4 Å². The van der Waals surface area contributed by atoms with Crippen molar-refractivity contribution in [3.8, 4) is 0 Å². The molecular weight excluding hydrogens is 182 g/mol. The van der Waals surface area contributed by atoms with Gasteiger partial charge >= 0.3 is 0 Å². The number of hydrogen-bond acceptors (Lipinski definition) is 1. The Balaban J connectivity index is 2.82. The minimum absolute atomic E-state index is 0.0359. The van der Waals surface area contributed by atoms with Crippen molar-refractivity contribution in [1.82, 2.24) is 0 Å². The van der Waals surface area contributed by atoms with Crippen LogP contribution in [0.4, 0.5) is 0 Å². The van der Waals surface area contributed by atoms with Crippen LogP contribution in [0, 0.1) is 0 Å². The largest absolute Gasteiger partial charge is 0.324 e. The first-order chi connectivity index (χ1) is 6.11. The fourth-order valence-electron chi connectivity index (χ4n) is 1.26. The number of halogens is 1. The summed E-state index contributed by atoms with van der Waals surface area (Å²) in [4.78, 5) is 0. The lowest BCUT2D eigenvalue weighted by Gasteiger charge is -2.12. The highest BCUT2D eigenvalue weighted by molar-refractivity contribution is 6.31. The smallest absolute Gasteiger partial charge is 0.0453 e. The first kappa shape index (κ1) is 10.3. The van der Waals surface area contributed by atoms with E-state index in [-0.39, 0.29) is 6.04 Å². The molecule has 0 bridgehead atoms. The normalized spacial score (nSPS) is 12.5. The maximum absolute atomic E-state index is 5.99. The van der Waals surface area contributed by atoms with E-state index in [1.54, 1.807) is 0 Å². The van der Waals surface area contributed by atoms with Crippen molar-refractivity contribution < 1.29 is 0 Å². The van der Waals surface area contributed by atoms with Crippen LogP contribution in [0.2, 0.25) is 5.02 Å². The van der Waals surface area contributed by atoms with E-state index in [2.05, 4.69) is 6.58 Å². The third-order valence-corrected chi connectivity index (χ3v) is 2.22. The molecule has 0 aliphatic heterocycles. The van der Waals surface area contributed by atoms with E-state index in [0.717, 1.165) is 22.6 Å². The summed E-state index contributed by atoms with van der Waals surface area (Å²) < 4.78 is 0. The fraction of sp³-hybridized carbons (Fsp3) is 0.273. The predicted molar refractivity (Wildman–Crippen MR) is 57.8 cm³/mol. The Labute approximate surface area is 84.2 Å². The molecular formula is C11H14ClN. The van der Waals surface area contributed by atoms with Crippen LogP contribution in [-0.4, -0.2) is 0 Å². The van der Waals surface area contributed by atoms with Crippen molar-refractivity contribution in [2.75, 3.05) is 0 Å². The minimum Gasteiger partial charge on any atom is -0.324 e. The molecule has 1 rings (SSSR count). The van der Waals surface area contributed by atoms with E-state index in [9.17, 15) is 0 Å². The average molecular weight is 196 g/mol. The van der Waals surface area contributed by atoms with Crippen LogP contribution in [0.3, 0.4) is 0 Å². The van der Waals surface area contributed by atoms with Crippen LogP contribution in [0.25, 0.3) is 0 Å². The Hall–Kier alpha value is -0.790. The lowest BCUT2D eigenvalue weighted by Crippen LogP contribution is -2.10. The molecule has 2 heteroatoms. The highest BCUT2D eigenvalue weighted by atomic mass is 35.5. The van der Waals surface area contributed by atoms with Crippen LogP contribution in [0.1, 0.15) is 24.9 Å². The van der Waals surface area contributed by atoms with Gasteiger partial charge in [0.2, 0.25) is 0 Å². The number of benzene rings is 1. The summed E-state index contributed by atoms with van der Waals surface area (Å²) in [6.07, 6.45) is 0.781. The molecule has 0 saturated heterocycles. The fourth-order valence-corrected chi connectivity index (χ4v) is 1.54. The molecule has 1 atom stereocenters. The van der Waals surface area contributed by atoms with Crippen LogP contribution in [-0.2, 0) is 0 Å². The lowest BCUT2D eigenvalue weighted by molar-refractivity contribution is 0.717. The SMILES string of the molecule is C=C(C)CC(N)c1ccccc1Cl. The predicted octanol–water partition coefficient (Wildman–Crippen LogP) is 3.31. The van der Waals surface area contributed by atoms with Gasteiger partial charge in [-0.3, -0.25) is 0 Å². The quantitative estimate of drug-likeness (QED) is 0.736. The van der Waals surface area contributed by atoms with Gasteiger partial charge in [0.05, 0.1) is 0 Å². The number of hydrogen-bond donors (Lipinski definition) is 1. The zero-order chi connectivity index (χ0) is 9.84. The zero-order valence-corrected chi connectivity index (χ0v) is 8.51. The van der Waals surface area contributed by atoms with Gasteiger partial charge in [-0.1, -0.05) is 35.4 Å². The van der Waals surface area contributed by atoms with E-state index in [0.29, 0.717) is 0 Å². The molecule has 70 valence electrons. The first-order valence-electron chi connectivity index (χ1n) is 4.25. The van der Waals surface area contributed by atoms with Crippen molar-refractivity contribution in [2.45, 2.75) is 19.4 Å². The molecule has 13 heavy (non-hydrogen) atoms. The Kier molecular flexibility index (Phi) is 3.52. The number of nitrogens with two attached hydrogens (primary N) is 1. The molecule has 0 spiro atoms. The van der Waals surface area contributed by atoms with Crippen molar-refractivity contribution in [1.29, 1.82) is 0 Å². The first-order valence-corrected chi connectivity index (χ1v) is 4.63. The Morgan fingerprint density at radius 1 is 1.54 bits per heavy atom.